The third-order valence-corrected chi connectivity index (χ3v) is 5.31. The maximum atomic E-state index is 12.5. The van der Waals surface area contributed by atoms with Crippen LogP contribution in [-0.2, 0) is 10.0 Å². The number of sulfonamides is 1. The number of piperazine rings is 1. The molecule has 1 saturated heterocycles. The summed E-state index contributed by atoms with van der Waals surface area (Å²) in [6.07, 6.45) is 0. The summed E-state index contributed by atoms with van der Waals surface area (Å²) in [5.74, 6) is 0. The summed E-state index contributed by atoms with van der Waals surface area (Å²) in [6.45, 7) is 5.67. The molecular weight excluding hydrogens is 310 g/mol. The van der Waals surface area contributed by atoms with Crippen molar-refractivity contribution >= 4 is 21.4 Å². The maximum absolute atomic E-state index is 12.5. The van der Waals surface area contributed by atoms with Gasteiger partial charge in [-0.15, -0.1) is 0 Å². The minimum absolute atomic E-state index is 0.274. The molecule has 23 heavy (non-hydrogen) atoms. The molecule has 122 valence electrons. The average molecular weight is 331 g/mol. The second-order valence-electron chi connectivity index (χ2n) is 5.71. The second-order valence-corrected chi connectivity index (χ2v) is 7.39. The van der Waals surface area contributed by atoms with E-state index in [4.69, 9.17) is 0 Å². The Hall–Kier alpha value is -2.05. The van der Waals surface area contributed by atoms with Gasteiger partial charge in [0.2, 0.25) is 0 Å². The lowest BCUT2D eigenvalue weighted by atomic mass is 10.2. The van der Waals surface area contributed by atoms with Gasteiger partial charge in [-0.05, 0) is 37.3 Å². The van der Waals surface area contributed by atoms with Gasteiger partial charge in [-0.1, -0.05) is 23.8 Å². The number of benzene rings is 2. The zero-order valence-corrected chi connectivity index (χ0v) is 13.9. The van der Waals surface area contributed by atoms with E-state index in [9.17, 15) is 8.42 Å². The molecule has 0 atom stereocenters. The van der Waals surface area contributed by atoms with Crippen molar-refractivity contribution in [2.75, 3.05) is 35.8 Å². The number of rotatable bonds is 4. The van der Waals surface area contributed by atoms with E-state index < -0.39 is 10.0 Å². The topological polar surface area (TPSA) is 61.4 Å². The molecule has 0 bridgehead atoms. The van der Waals surface area contributed by atoms with Gasteiger partial charge in [0.05, 0.1) is 10.6 Å². The molecule has 0 spiro atoms. The Morgan fingerprint density at radius 2 is 1.74 bits per heavy atom. The summed E-state index contributed by atoms with van der Waals surface area (Å²) in [5, 5.41) is 3.31. The number of nitrogens with zero attached hydrogens (tertiary/aromatic N) is 1. The zero-order valence-electron chi connectivity index (χ0n) is 13.1. The Balaban J connectivity index is 1.80. The third-order valence-electron chi connectivity index (χ3n) is 3.91. The van der Waals surface area contributed by atoms with Gasteiger partial charge in [-0.3, -0.25) is 4.72 Å². The normalized spacial score (nSPS) is 15.4. The molecule has 1 aliphatic rings. The van der Waals surface area contributed by atoms with Gasteiger partial charge >= 0.3 is 0 Å². The van der Waals surface area contributed by atoms with Crippen molar-refractivity contribution in [3.05, 3.63) is 54.1 Å². The molecule has 0 saturated carbocycles. The SMILES string of the molecule is Cc1ccc(S(=O)(=O)Nc2cccc(N3CCNCC3)c2)cc1. The van der Waals surface area contributed by atoms with Crippen LogP contribution in [-0.4, -0.2) is 34.6 Å². The highest BCUT2D eigenvalue weighted by Gasteiger charge is 2.15. The Morgan fingerprint density at radius 3 is 2.43 bits per heavy atom. The summed E-state index contributed by atoms with van der Waals surface area (Å²) < 4.78 is 27.6. The summed E-state index contributed by atoms with van der Waals surface area (Å²) >= 11 is 0. The highest BCUT2D eigenvalue weighted by molar-refractivity contribution is 7.92. The fourth-order valence-corrected chi connectivity index (χ4v) is 3.67. The van der Waals surface area contributed by atoms with E-state index in [0.717, 1.165) is 37.4 Å². The molecule has 2 N–H and O–H groups in total. The Kier molecular flexibility index (Phi) is 4.54. The molecule has 1 aliphatic heterocycles. The molecule has 0 amide bonds. The number of nitrogens with one attached hydrogen (secondary N) is 2. The first-order chi connectivity index (χ1) is 11.0. The highest BCUT2D eigenvalue weighted by atomic mass is 32.2. The summed E-state index contributed by atoms with van der Waals surface area (Å²) in [6, 6.07) is 14.4. The van der Waals surface area contributed by atoms with Crippen LogP contribution in [0.2, 0.25) is 0 Å². The largest absolute Gasteiger partial charge is 0.369 e. The van der Waals surface area contributed by atoms with Crippen LogP contribution in [0.1, 0.15) is 5.56 Å². The van der Waals surface area contributed by atoms with Crippen molar-refractivity contribution in [1.29, 1.82) is 0 Å². The lowest BCUT2D eigenvalue weighted by molar-refractivity contribution is 0.589. The quantitative estimate of drug-likeness (QED) is 0.902. The molecular formula is C17H21N3O2S. The molecule has 2 aromatic carbocycles. The van der Waals surface area contributed by atoms with Gasteiger partial charge in [0.1, 0.15) is 0 Å². The Bertz CT molecular complexity index is 767. The highest BCUT2D eigenvalue weighted by Crippen LogP contribution is 2.22. The van der Waals surface area contributed by atoms with Gasteiger partial charge < -0.3 is 10.2 Å². The van der Waals surface area contributed by atoms with Crippen molar-refractivity contribution in [1.82, 2.24) is 5.32 Å². The first-order valence-corrected chi connectivity index (χ1v) is 9.18. The monoisotopic (exact) mass is 331 g/mol. The molecule has 0 unspecified atom stereocenters. The molecule has 0 aromatic heterocycles. The second kappa shape index (κ2) is 6.60. The van der Waals surface area contributed by atoms with Gasteiger partial charge in [0.15, 0.2) is 0 Å². The predicted octanol–water partition coefficient (Wildman–Crippen LogP) is 2.21. The first kappa shape index (κ1) is 15.8. The van der Waals surface area contributed by atoms with E-state index >= 15 is 0 Å². The molecule has 1 fully saturated rings. The van der Waals surface area contributed by atoms with Crippen LogP contribution in [0, 0.1) is 6.92 Å². The summed E-state index contributed by atoms with van der Waals surface area (Å²) in [4.78, 5) is 2.52. The van der Waals surface area contributed by atoms with E-state index in [1.807, 2.05) is 25.1 Å². The van der Waals surface area contributed by atoms with E-state index in [2.05, 4.69) is 14.9 Å². The fourth-order valence-electron chi connectivity index (χ4n) is 2.62. The van der Waals surface area contributed by atoms with E-state index in [1.165, 1.54) is 0 Å². The molecule has 0 radical (unpaired) electrons. The first-order valence-electron chi connectivity index (χ1n) is 7.70. The van der Waals surface area contributed by atoms with Crippen LogP contribution < -0.4 is 14.9 Å². The lowest BCUT2D eigenvalue weighted by Gasteiger charge is -2.29. The number of anilines is 2. The lowest BCUT2D eigenvalue weighted by Crippen LogP contribution is -2.43. The van der Waals surface area contributed by atoms with E-state index in [-0.39, 0.29) is 4.90 Å². The minimum Gasteiger partial charge on any atom is -0.369 e. The van der Waals surface area contributed by atoms with Crippen LogP contribution in [0.15, 0.2) is 53.4 Å². The number of hydrogen-bond acceptors (Lipinski definition) is 4. The van der Waals surface area contributed by atoms with Crippen molar-refractivity contribution in [2.24, 2.45) is 0 Å². The van der Waals surface area contributed by atoms with Crippen molar-refractivity contribution < 1.29 is 8.42 Å². The Morgan fingerprint density at radius 1 is 1.04 bits per heavy atom. The van der Waals surface area contributed by atoms with Crippen LogP contribution in [0.5, 0.6) is 0 Å². The van der Waals surface area contributed by atoms with Crippen molar-refractivity contribution in [2.45, 2.75) is 11.8 Å². The predicted molar refractivity (Wildman–Crippen MR) is 93.5 cm³/mol. The number of hydrogen-bond donors (Lipinski definition) is 2. The molecule has 2 aromatic rings. The maximum Gasteiger partial charge on any atom is 0.261 e. The van der Waals surface area contributed by atoms with Crippen LogP contribution >= 0.6 is 0 Å². The smallest absolute Gasteiger partial charge is 0.261 e. The average Bonchev–Trinajstić information content (AvgIpc) is 2.56. The minimum atomic E-state index is -3.56. The molecule has 0 aliphatic carbocycles. The summed E-state index contributed by atoms with van der Waals surface area (Å²) in [5.41, 5.74) is 2.65. The van der Waals surface area contributed by atoms with E-state index in [0.29, 0.717) is 5.69 Å². The molecule has 6 heteroatoms. The summed E-state index contributed by atoms with van der Waals surface area (Å²) in [7, 11) is -3.56. The van der Waals surface area contributed by atoms with Crippen LogP contribution in [0.25, 0.3) is 0 Å². The number of aryl methyl sites for hydroxylation is 1. The fraction of sp³-hybridized carbons (Fsp3) is 0.294. The standard InChI is InChI=1S/C17H21N3O2S/c1-14-5-7-17(8-6-14)23(21,22)19-15-3-2-4-16(13-15)20-11-9-18-10-12-20/h2-8,13,18-19H,9-12H2,1H3. The molecule has 5 nitrogen and oxygen atoms in total. The zero-order chi connectivity index (χ0) is 16.3. The van der Waals surface area contributed by atoms with Crippen molar-refractivity contribution in [3.63, 3.8) is 0 Å². The molecule has 3 rings (SSSR count). The molecule has 1 heterocycles. The van der Waals surface area contributed by atoms with Gasteiger partial charge in [0, 0.05) is 31.9 Å². The van der Waals surface area contributed by atoms with Gasteiger partial charge in [0.25, 0.3) is 10.0 Å². The van der Waals surface area contributed by atoms with Crippen molar-refractivity contribution in [3.8, 4) is 0 Å². The van der Waals surface area contributed by atoms with Crippen LogP contribution in [0.3, 0.4) is 0 Å². The third kappa shape index (κ3) is 3.83. The van der Waals surface area contributed by atoms with Gasteiger partial charge in [-0.2, -0.15) is 0 Å². The van der Waals surface area contributed by atoms with Crippen LogP contribution in [0.4, 0.5) is 11.4 Å². The van der Waals surface area contributed by atoms with Gasteiger partial charge in [-0.25, -0.2) is 8.42 Å². The van der Waals surface area contributed by atoms with E-state index in [1.54, 1.807) is 30.3 Å². The Labute approximate surface area is 137 Å².